The topological polar surface area (TPSA) is 203 Å². The van der Waals surface area contributed by atoms with Crippen LogP contribution in [0.25, 0.3) is 11.5 Å². The molecule has 13 nitrogen and oxygen atoms in total. The van der Waals surface area contributed by atoms with Gasteiger partial charge in [-0.3, -0.25) is 5.32 Å². The van der Waals surface area contributed by atoms with Crippen LogP contribution in [0.4, 0.5) is 17.3 Å². The van der Waals surface area contributed by atoms with Gasteiger partial charge >= 0.3 is 0 Å². The Morgan fingerprint density at radius 3 is 2.49 bits per heavy atom. The molecule has 0 radical (unpaired) electrons. The summed E-state index contributed by atoms with van der Waals surface area (Å²) in [6, 6.07) is 13.9. The summed E-state index contributed by atoms with van der Waals surface area (Å²) in [7, 11) is 3.16. The molecule has 6 N–H and O–H groups in total. The molecule has 1 atom stereocenters. The van der Waals surface area contributed by atoms with E-state index in [1.165, 1.54) is 0 Å². The van der Waals surface area contributed by atoms with Crippen LogP contribution in [0.15, 0.2) is 51.9 Å². The maximum Gasteiger partial charge on any atom is 0.230 e. The smallest absolute Gasteiger partial charge is 0.230 e. The number of benzene rings is 2. The first-order chi connectivity index (χ1) is 19.9. The fourth-order valence-electron chi connectivity index (χ4n) is 4.38. The number of anilines is 3. The van der Waals surface area contributed by atoms with E-state index >= 15 is 0 Å². The van der Waals surface area contributed by atoms with Crippen LogP contribution < -0.4 is 36.3 Å². The highest BCUT2D eigenvalue weighted by Crippen LogP contribution is 2.41. The first kappa shape index (κ1) is 26.6. The maximum atomic E-state index is 9.52. The van der Waals surface area contributed by atoms with E-state index in [1.807, 2.05) is 31.3 Å². The van der Waals surface area contributed by atoms with Gasteiger partial charge in [0.15, 0.2) is 6.19 Å². The SMILES string of the molecule is COc1ccc(OC)c(-c2nc(COc3ccc(C4N=C(NC#N)Nc5nc(N)c(C#N)c(N)c54)cc3)c(C)o2)c1. The van der Waals surface area contributed by atoms with Crippen LogP contribution in [0.1, 0.15) is 34.2 Å². The van der Waals surface area contributed by atoms with Crippen molar-refractivity contribution in [3.63, 3.8) is 0 Å². The number of guanidine groups is 1. The van der Waals surface area contributed by atoms with Gasteiger partial charge in [0.1, 0.15) is 64.6 Å². The second kappa shape index (κ2) is 11.0. The molecule has 13 heteroatoms. The number of hydrogen-bond donors (Lipinski definition) is 4. The van der Waals surface area contributed by atoms with E-state index in [0.29, 0.717) is 51.5 Å². The molecule has 5 rings (SSSR count). The number of oxazole rings is 1. The zero-order valence-electron chi connectivity index (χ0n) is 22.3. The van der Waals surface area contributed by atoms with Gasteiger partial charge in [-0.1, -0.05) is 12.1 Å². The maximum absolute atomic E-state index is 9.52. The summed E-state index contributed by atoms with van der Waals surface area (Å²) in [5.74, 6) is 3.28. The third kappa shape index (κ3) is 5.07. The van der Waals surface area contributed by atoms with Gasteiger partial charge in [-0.2, -0.15) is 10.5 Å². The van der Waals surface area contributed by atoms with Crippen LogP contribution in [0.3, 0.4) is 0 Å². The Balaban J connectivity index is 1.38. The van der Waals surface area contributed by atoms with E-state index in [-0.39, 0.29) is 29.6 Å². The Morgan fingerprint density at radius 1 is 1.05 bits per heavy atom. The van der Waals surface area contributed by atoms with Crippen molar-refractivity contribution in [2.75, 3.05) is 31.0 Å². The Morgan fingerprint density at radius 2 is 1.80 bits per heavy atom. The first-order valence-corrected chi connectivity index (χ1v) is 12.3. The van der Waals surface area contributed by atoms with Crippen LogP contribution in [-0.2, 0) is 6.61 Å². The van der Waals surface area contributed by atoms with Crippen molar-refractivity contribution in [2.45, 2.75) is 19.6 Å². The van der Waals surface area contributed by atoms with Gasteiger partial charge in [0, 0.05) is 5.56 Å². The number of pyridine rings is 1. The second-order valence-electron chi connectivity index (χ2n) is 8.85. The number of ether oxygens (including phenoxy) is 3. The number of rotatable bonds is 7. The number of hydrogen-bond acceptors (Lipinski definition) is 13. The van der Waals surface area contributed by atoms with Gasteiger partial charge in [0.25, 0.3) is 0 Å². The van der Waals surface area contributed by atoms with Gasteiger partial charge in [-0.05, 0) is 42.8 Å². The van der Waals surface area contributed by atoms with Gasteiger partial charge in [-0.15, -0.1) is 0 Å². The molecule has 0 spiro atoms. The van der Waals surface area contributed by atoms with Crippen LogP contribution in [-0.4, -0.2) is 30.1 Å². The normalized spacial score (nSPS) is 13.6. The predicted molar refractivity (Wildman–Crippen MR) is 150 cm³/mol. The predicted octanol–water partition coefficient (Wildman–Crippen LogP) is 3.62. The first-order valence-electron chi connectivity index (χ1n) is 12.3. The van der Waals surface area contributed by atoms with E-state index in [4.69, 9.17) is 35.4 Å². The Hall–Kier alpha value is -5.95. The molecule has 41 heavy (non-hydrogen) atoms. The monoisotopic (exact) mass is 551 g/mol. The van der Waals surface area contributed by atoms with Gasteiger partial charge < -0.3 is 35.4 Å². The van der Waals surface area contributed by atoms with Crippen molar-refractivity contribution < 1.29 is 18.6 Å². The summed E-state index contributed by atoms with van der Waals surface area (Å²) in [5, 5.41) is 24.0. The molecule has 2 aromatic heterocycles. The molecule has 1 aliphatic rings. The third-order valence-electron chi connectivity index (χ3n) is 6.46. The van der Waals surface area contributed by atoms with Gasteiger partial charge in [0.05, 0.1) is 25.5 Å². The number of nitrogens with zero attached hydrogens (tertiary/aromatic N) is 5. The lowest BCUT2D eigenvalue weighted by Gasteiger charge is -2.26. The highest BCUT2D eigenvalue weighted by Gasteiger charge is 2.29. The van der Waals surface area contributed by atoms with Gasteiger partial charge in [0.2, 0.25) is 11.9 Å². The number of nitrogen functional groups attached to an aromatic ring is 2. The molecule has 0 saturated heterocycles. The van der Waals surface area contributed by atoms with Crippen molar-refractivity contribution in [1.82, 2.24) is 15.3 Å². The summed E-state index contributed by atoms with van der Waals surface area (Å²) >= 11 is 0. The molecule has 1 unspecified atom stereocenters. The molecular formula is C28H25N9O4. The number of fused-ring (bicyclic) bond motifs is 1. The van der Waals surface area contributed by atoms with Crippen molar-refractivity contribution in [3.05, 3.63) is 70.6 Å². The highest BCUT2D eigenvalue weighted by molar-refractivity contribution is 5.98. The number of aromatic nitrogens is 2. The number of methoxy groups -OCH3 is 2. The number of aryl methyl sites for hydroxylation is 1. The second-order valence-corrected chi connectivity index (χ2v) is 8.85. The lowest BCUT2D eigenvalue weighted by atomic mass is 9.95. The molecule has 206 valence electrons. The minimum atomic E-state index is -0.658. The highest BCUT2D eigenvalue weighted by atomic mass is 16.5. The molecule has 0 amide bonds. The van der Waals surface area contributed by atoms with E-state index < -0.39 is 6.04 Å². The van der Waals surface area contributed by atoms with Crippen LogP contribution >= 0.6 is 0 Å². The standard InChI is InChI=1S/C28H25N9O4/c1-14-20(34-27(41-14)18-10-17(38-2)8-9-21(18)39-3)12-40-16-6-4-15(5-7-16)24-22-23(31)19(11-29)25(32)36-26(22)37-28(35-24)33-13-30/h4-10,24H,12H2,1-3H3,(H6,31,32,33,35,36,37). The van der Waals surface area contributed by atoms with E-state index in [0.717, 1.165) is 5.56 Å². The summed E-state index contributed by atoms with van der Waals surface area (Å²) in [6.07, 6.45) is 1.83. The number of nitrogens with two attached hydrogens (primary N) is 2. The minimum Gasteiger partial charge on any atom is -0.497 e. The zero-order chi connectivity index (χ0) is 29.1. The minimum absolute atomic E-state index is 0.0203. The molecular weight excluding hydrogens is 526 g/mol. The molecule has 0 bridgehead atoms. The average Bonchev–Trinajstić information content (AvgIpc) is 3.35. The fraction of sp³-hybridized carbons (Fsp3) is 0.179. The third-order valence-corrected chi connectivity index (χ3v) is 6.46. The average molecular weight is 552 g/mol. The largest absolute Gasteiger partial charge is 0.497 e. The lowest BCUT2D eigenvalue weighted by molar-refractivity contribution is 0.299. The Labute approximate surface area is 235 Å². The van der Waals surface area contributed by atoms with Crippen molar-refractivity contribution in [3.8, 4) is 41.0 Å². The summed E-state index contributed by atoms with van der Waals surface area (Å²) < 4.78 is 22.7. The molecule has 0 saturated carbocycles. The number of nitriles is 2. The van der Waals surface area contributed by atoms with Crippen molar-refractivity contribution >= 4 is 23.3 Å². The summed E-state index contributed by atoms with van der Waals surface area (Å²) in [4.78, 5) is 13.4. The molecule has 3 heterocycles. The van der Waals surface area contributed by atoms with Crippen LogP contribution in [0.5, 0.6) is 17.2 Å². The fourth-order valence-corrected chi connectivity index (χ4v) is 4.38. The summed E-state index contributed by atoms with van der Waals surface area (Å²) in [6.45, 7) is 1.97. The number of nitrogens with one attached hydrogen (secondary N) is 2. The van der Waals surface area contributed by atoms with Crippen LogP contribution in [0, 0.1) is 29.7 Å². The molecule has 0 aliphatic carbocycles. The summed E-state index contributed by atoms with van der Waals surface area (Å²) in [5.41, 5.74) is 14.9. The molecule has 2 aromatic carbocycles. The van der Waals surface area contributed by atoms with Crippen molar-refractivity contribution in [1.29, 1.82) is 10.5 Å². The zero-order valence-corrected chi connectivity index (χ0v) is 22.3. The molecule has 0 fully saturated rings. The van der Waals surface area contributed by atoms with Crippen LogP contribution in [0.2, 0.25) is 0 Å². The van der Waals surface area contributed by atoms with Gasteiger partial charge in [-0.25, -0.2) is 15.0 Å². The lowest BCUT2D eigenvalue weighted by Crippen LogP contribution is -2.32. The molecule has 1 aliphatic heterocycles. The number of aliphatic imine (C=N–C) groups is 1. The van der Waals surface area contributed by atoms with Crippen molar-refractivity contribution in [2.24, 2.45) is 4.99 Å². The van der Waals surface area contributed by atoms with E-state index in [1.54, 1.807) is 44.6 Å². The Kier molecular flexibility index (Phi) is 7.17. The molecule has 4 aromatic rings. The quantitative estimate of drug-likeness (QED) is 0.192. The Bertz CT molecular complexity index is 1730. The van der Waals surface area contributed by atoms with E-state index in [2.05, 4.69) is 25.6 Å². The van der Waals surface area contributed by atoms with E-state index in [9.17, 15) is 5.26 Å².